The van der Waals surface area contributed by atoms with Gasteiger partial charge < -0.3 is 5.11 Å². The zero-order valence-corrected chi connectivity index (χ0v) is 12.3. The molecule has 0 bridgehead atoms. The molecule has 1 aliphatic heterocycles. The molecule has 2 rings (SSSR count). The summed E-state index contributed by atoms with van der Waals surface area (Å²) in [5.41, 5.74) is 0. The Bertz CT molecular complexity index is 247. The fourth-order valence-electron chi connectivity index (χ4n) is 3.57. The Labute approximate surface area is 112 Å². The first kappa shape index (κ1) is 14.3. The van der Waals surface area contributed by atoms with Gasteiger partial charge in [-0.25, -0.2) is 0 Å². The van der Waals surface area contributed by atoms with E-state index in [1.807, 2.05) is 0 Å². The molecule has 1 aliphatic carbocycles. The Morgan fingerprint density at radius 2 is 1.61 bits per heavy atom. The first-order valence-electron chi connectivity index (χ1n) is 7.70. The molecule has 1 heterocycles. The third kappa shape index (κ3) is 3.46. The number of rotatable bonds is 2. The first-order chi connectivity index (χ1) is 8.58. The lowest BCUT2D eigenvalue weighted by atomic mass is 9.95. The summed E-state index contributed by atoms with van der Waals surface area (Å²) in [6.45, 7) is 8.04. The third-order valence-corrected chi connectivity index (χ3v) is 5.05. The summed E-state index contributed by atoms with van der Waals surface area (Å²) in [7, 11) is 2.23. The minimum absolute atomic E-state index is 0.0576. The van der Waals surface area contributed by atoms with Crippen molar-refractivity contribution >= 4 is 0 Å². The Morgan fingerprint density at radius 3 is 2.28 bits per heavy atom. The van der Waals surface area contributed by atoms with Gasteiger partial charge in [0.1, 0.15) is 0 Å². The van der Waals surface area contributed by atoms with Crippen molar-refractivity contribution in [3.8, 4) is 0 Å². The molecule has 0 aromatic rings. The van der Waals surface area contributed by atoms with Crippen LogP contribution in [0.4, 0.5) is 0 Å². The number of likely N-dealkylation sites (N-methyl/N-ethyl adjacent to an activating group) is 1. The summed E-state index contributed by atoms with van der Waals surface area (Å²) >= 11 is 0. The molecule has 0 aromatic carbocycles. The highest BCUT2D eigenvalue weighted by atomic mass is 16.3. The molecule has 2 aliphatic rings. The van der Waals surface area contributed by atoms with Crippen LogP contribution < -0.4 is 0 Å². The lowest BCUT2D eigenvalue weighted by Crippen LogP contribution is -2.56. The SMILES string of the molecule is CC1CN(CC2CCCCCC2O)CC(C)N1C. The number of hydrogen-bond donors (Lipinski definition) is 1. The Morgan fingerprint density at radius 1 is 1.00 bits per heavy atom. The van der Waals surface area contributed by atoms with Crippen molar-refractivity contribution in [1.29, 1.82) is 0 Å². The van der Waals surface area contributed by atoms with Gasteiger partial charge in [0.05, 0.1) is 6.10 Å². The maximum Gasteiger partial charge on any atom is 0.0580 e. The molecule has 4 unspecified atom stereocenters. The molecule has 1 saturated carbocycles. The van der Waals surface area contributed by atoms with Crippen molar-refractivity contribution in [3.63, 3.8) is 0 Å². The average molecular weight is 254 g/mol. The number of hydrogen-bond acceptors (Lipinski definition) is 3. The van der Waals surface area contributed by atoms with Crippen LogP contribution in [0.2, 0.25) is 0 Å². The smallest absolute Gasteiger partial charge is 0.0580 e. The van der Waals surface area contributed by atoms with Gasteiger partial charge in [-0.3, -0.25) is 9.80 Å². The van der Waals surface area contributed by atoms with Crippen LogP contribution in [0.1, 0.15) is 46.0 Å². The molecule has 4 atom stereocenters. The van der Waals surface area contributed by atoms with Gasteiger partial charge in [0, 0.05) is 31.7 Å². The highest BCUT2D eigenvalue weighted by Crippen LogP contribution is 2.25. The van der Waals surface area contributed by atoms with Gasteiger partial charge >= 0.3 is 0 Å². The number of nitrogens with zero attached hydrogens (tertiary/aromatic N) is 2. The number of aliphatic hydroxyl groups is 1. The van der Waals surface area contributed by atoms with Gasteiger partial charge in [0.15, 0.2) is 0 Å². The summed E-state index contributed by atoms with van der Waals surface area (Å²) in [6.07, 6.45) is 6.01. The van der Waals surface area contributed by atoms with Crippen LogP contribution in [0.3, 0.4) is 0 Å². The van der Waals surface area contributed by atoms with E-state index in [1.165, 1.54) is 25.7 Å². The van der Waals surface area contributed by atoms with Gasteiger partial charge in [0.2, 0.25) is 0 Å². The van der Waals surface area contributed by atoms with Crippen LogP contribution in [-0.4, -0.2) is 59.8 Å². The number of piperazine rings is 1. The van der Waals surface area contributed by atoms with E-state index >= 15 is 0 Å². The summed E-state index contributed by atoms with van der Waals surface area (Å²) in [5.74, 6) is 0.510. The highest BCUT2D eigenvalue weighted by Gasteiger charge is 2.30. The van der Waals surface area contributed by atoms with Crippen LogP contribution in [0.15, 0.2) is 0 Å². The maximum atomic E-state index is 10.2. The normalized spacial score (nSPS) is 40.7. The molecule has 1 N–H and O–H groups in total. The van der Waals surface area contributed by atoms with Gasteiger partial charge in [-0.05, 0) is 39.7 Å². The quantitative estimate of drug-likeness (QED) is 0.763. The largest absolute Gasteiger partial charge is 0.393 e. The molecule has 0 amide bonds. The molecular weight excluding hydrogens is 224 g/mol. The molecule has 0 aromatic heterocycles. The van der Waals surface area contributed by atoms with E-state index in [1.54, 1.807) is 0 Å². The van der Waals surface area contributed by atoms with Crippen LogP contribution >= 0.6 is 0 Å². The molecule has 3 heteroatoms. The monoisotopic (exact) mass is 254 g/mol. The van der Waals surface area contributed by atoms with E-state index < -0.39 is 0 Å². The van der Waals surface area contributed by atoms with E-state index in [4.69, 9.17) is 0 Å². The molecule has 0 radical (unpaired) electrons. The van der Waals surface area contributed by atoms with Gasteiger partial charge in [-0.1, -0.05) is 19.3 Å². The molecule has 18 heavy (non-hydrogen) atoms. The zero-order valence-electron chi connectivity index (χ0n) is 12.3. The zero-order chi connectivity index (χ0) is 13.1. The Kier molecular flexibility index (Phi) is 5.05. The van der Waals surface area contributed by atoms with Crippen LogP contribution in [-0.2, 0) is 0 Å². The van der Waals surface area contributed by atoms with E-state index in [0.29, 0.717) is 18.0 Å². The second-order valence-electron chi connectivity index (χ2n) is 6.55. The predicted octanol–water partition coefficient (Wildman–Crippen LogP) is 1.95. The van der Waals surface area contributed by atoms with E-state index in [9.17, 15) is 5.11 Å². The fourth-order valence-corrected chi connectivity index (χ4v) is 3.57. The summed E-state index contributed by atoms with van der Waals surface area (Å²) in [4.78, 5) is 5.05. The molecule has 1 saturated heterocycles. The van der Waals surface area contributed by atoms with Gasteiger partial charge in [0.25, 0.3) is 0 Å². The summed E-state index contributed by atoms with van der Waals surface area (Å²) < 4.78 is 0. The third-order valence-electron chi connectivity index (χ3n) is 5.05. The summed E-state index contributed by atoms with van der Waals surface area (Å²) in [5, 5.41) is 10.2. The highest BCUT2D eigenvalue weighted by molar-refractivity contribution is 4.85. The Balaban J connectivity index is 1.88. The van der Waals surface area contributed by atoms with Crippen molar-refractivity contribution in [2.45, 2.75) is 64.1 Å². The van der Waals surface area contributed by atoms with Crippen molar-refractivity contribution in [1.82, 2.24) is 9.80 Å². The summed E-state index contributed by atoms with van der Waals surface area (Å²) in [6, 6.07) is 1.27. The molecule has 2 fully saturated rings. The van der Waals surface area contributed by atoms with E-state index in [-0.39, 0.29) is 6.10 Å². The molecular formula is C15H30N2O. The van der Waals surface area contributed by atoms with Crippen molar-refractivity contribution < 1.29 is 5.11 Å². The lowest BCUT2D eigenvalue weighted by Gasteiger charge is -2.43. The van der Waals surface area contributed by atoms with Crippen LogP contribution in [0, 0.1) is 5.92 Å². The predicted molar refractivity (Wildman–Crippen MR) is 75.7 cm³/mol. The van der Waals surface area contributed by atoms with Crippen molar-refractivity contribution in [2.24, 2.45) is 5.92 Å². The second kappa shape index (κ2) is 6.36. The standard InChI is InChI=1S/C15H30N2O/c1-12-9-17(10-13(2)16(12)3)11-14-7-5-4-6-8-15(14)18/h12-15,18H,4-11H2,1-3H3. The van der Waals surface area contributed by atoms with Crippen molar-refractivity contribution in [2.75, 3.05) is 26.7 Å². The molecule has 106 valence electrons. The minimum Gasteiger partial charge on any atom is -0.393 e. The van der Waals surface area contributed by atoms with E-state index in [0.717, 1.165) is 26.1 Å². The van der Waals surface area contributed by atoms with E-state index in [2.05, 4.69) is 30.7 Å². The second-order valence-corrected chi connectivity index (χ2v) is 6.55. The first-order valence-corrected chi connectivity index (χ1v) is 7.70. The minimum atomic E-state index is -0.0576. The topological polar surface area (TPSA) is 26.7 Å². The Hall–Kier alpha value is -0.120. The van der Waals surface area contributed by atoms with Crippen LogP contribution in [0.5, 0.6) is 0 Å². The lowest BCUT2D eigenvalue weighted by molar-refractivity contribution is 0.0222. The maximum absolute atomic E-state index is 10.2. The van der Waals surface area contributed by atoms with Crippen molar-refractivity contribution in [3.05, 3.63) is 0 Å². The molecule has 3 nitrogen and oxygen atoms in total. The fraction of sp³-hybridized carbons (Fsp3) is 1.00. The average Bonchev–Trinajstić information content (AvgIpc) is 2.52. The molecule has 0 spiro atoms. The van der Waals surface area contributed by atoms with Gasteiger partial charge in [-0.15, -0.1) is 0 Å². The van der Waals surface area contributed by atoms with Crippen LogP contribution in [0.25, 0.3) is 0 Å². The number of aliphatic hydroxyl groups excluding tert-OH is 1. The van der Waals surface area contributed by atoms with Gasteiger partial charge in [-0.2, -0.15) is 0 Å².